The smallest absolute Gasteiger partial charge is 0.148 e. The molecule has 0 saturated carbocycles. The minimum Gasteiger partial charge on any atom is -0.294 e. The van der Waals surface area contributed by atoms with Crippen LogP contribution in [0, 0.1) is 0 Å². The molecule has 0 radical (unpaired) electrons. The number of pyridine rings is 2. The molecule has 5 aromatic heterocycles. The molecule has 5 heterocycles. The monoisotopic (exact) mass is 722 g/mol. The Bertz CT molecular complexity index is 3000. The summed E-state index contributed by atoms with van der Waals surface area (Å²) in [5.41, 5.74) is 10.6. The lowest BCUT2D eigenvalue weighted by molar-refractivity contribution is 1.08. The summed E-state index contributed by atoms with van der Waals surface area (Å²) < 4.78 is 4.51. The number of nitrogens with zero attached hydrogens (tertiary/aromatic N) is 6. The van der Waals surface area contributed by atoms with Gasteiger partial charge in [-0.3, -0.25) is 9.13 Å². The average Bonchev–Trinajstić information content (AvgIpc) is 3.97. The van der Waals surface area contributed by atoms with Gasteiger partial charge in [0, 0.05) is 43.8 Å². The number of fused-ring (bicyclic) bond motifs is 6. The fraction of sp³-hybridized carbons (Fsp3) is 0. The van der Waals surface area contributed by atoms with Crippen LogP contribution in [0.15, 0.2) is 182 Å². The number of rotatable bonds is 6. The van der Waals surface area contributed by atoms with Crippen molar-refractivity contribution in [1.82, 2.24) is 29.3 Å². The van der Waals surface area contributed by atoms with Crippen LogP contribution >= 0.6 is 11.3 Å². The first-order valence-electron chi connectivity index (χ1n) is 18.2. The van der Waals surface area contributed by atoms with E-state index in [0.717, 1.165) is 88.1 Å². The Labute approximate surface area is 320 Å². The molecule has 0 aliphatic rings. The highest BCUT2D eigenvalue weighted by molar-refractivity contribution is 7.17. The molecule has 6 nitrogen and oxygen atoms in total. The molecule has 6 aromatic carbocycles. The third-order valence-corrected chi connectivity index (χ3v) is 11.4. The molecule has 0 aliphatic heterocycles. The molecule has 0 unspecified atom stereocenters. The lowest BCUT2D eigenvalue weighted by Gasteiger charge is -2.09. The van der Waals surface area contributed by atoms with Gasteiger partial charge in [-0.1, -0.05) is 121 Å². The zero-order valence-corrected chi connectivity index (χ0v) is 30.2. The van der Waals surface area contributed by atoms with Gasteiger partial charge >= 0.3 is 0 Å². The van der Waals surface area contributed by atoms with Crippen LogP contribution in [0.5, 0.6) is 0 Å². The van der Waals surface area contributed by atoms with Gasteiger partial charge in [0.1, 0.15) is 21.7 Å². The summed E-state index contributed by atoms with van der Waals surface area (Å²) in [5.74, 6) is 1.77. The van der Waals surface area contributed by atoms with E-state index in [1.54, 1.807) is 11.3 Å². The molecule has 55 heavy (non-hydrogen) atoms. The first kappa shape index (κ1) is 31.3. The van der Waals surface area contributed by atoms with E-state index in [4.69, 9.17) is 20.2 Å². The molecule has 7 heteroatoms. The summed E-state index contributed by atoms with van der Waals surface area (Å²) >= 11 is 1.61. The second kappa shape index (κ2) is 12.7. The second-order valence-corrected chi connectivity index (χ2v) is 14.6. The summed E-state index contributed by atoms with van der Waals surface area (Å²) in [4.78, 5) is 10.2. The van der Waals surface area contributed by atoms with Gasteiger partial charge < -0.3 is 0 Å². The van der Waals surface area contributed by atoms with Crippen molar-refractivity contribution in [3.05, 3.63) is 182 Å². The van der Waals surface area contributed by atoms with E-state index >= 15 is 0 Å². The van der Waals surface area contributed by atoms with Crippen LogP contribution in [0.3, 0.4) is 0 Å². The van der Waals surface area contributed by atoms with Gasteiger partial charge in [0.2, 0.25) is 0 Å². The zero-order valence-electron chi connectivity index (χ0n) is 29.4. The maximum Gasteiger partial charge on any atom is 0.148 e. The van der Waals surface area contributed by atoms with Crippen LogP contribution < -0.4 is 0 Å². The standard InChI is InChI=1S/C48H30N6S/c1-3-13-31(14-4-1)39-19-11-23-45(49-39)53-41-21-9-7-17-35(41)37-29-33(25-27-43(37)53)47-51-52-48(55-47)34-26-28-44-38(30-34)36-18-8-10-22-42(36)54(44)46-24-12-20-40(50-46)32-15-5-2-6-16-32/h1-30H. The van der Waals surface area contributed by atoms with E-state index in [-0.39, 0.29) is 0 Å². The minimum absolute atomic E-state index is 0.877. The van der Waals surface area contributed by atoms with E-state index in [1.165, 1.54) is 10.8 Å². The van der Waals surface area contributed by atoms with E-state index in [2.05, 4.69) is 155 Å². The van der Waals surface area contributed by atoms with Crippen molar-refractivity contribution in [2.45, 2.75) is 0 Å². The van der Waals surface area contributed by atoms with Crippen LogP contribution in [0.4, 0.5) is 0 Å². The van der Waals surface area contributed by atoms with Crippen molar-refractivity contribution < 1.29 is 0 Å². The molecule has 0 spiro atoms. The third kappa shape index (κ3) is 5.24. The first-order valence-corrected chi connectivity index (χ1v) is 19.0. The molecule has 0 amide bonds. The van der Waals surface area contributed by atoms with Crippen LogP contribution in [0.25, 0.3) is 98.9 Å². The summed E-state index contributed by atoms with van der Waals surface area (Å²) in [6.45, 7) is 0. The molecule has 0 N–H and O–H groups in total. The molecular formula is C48H30N6S. The summed E-state index contributed by atoms with van der Waals surface area (Å²) in [7, 11) is 0. The number of para-hydroxylation sites is 2. The summed E-state index contributed by atoms with van der Waals surface area (Å²) in [5, 5.41) is 15.8. The Hall–Kier alpha value is -7.22. The predicted molar refractivity (Wildman–Crippen MR) is 226 cm³/mol. The summed E-state index contributed by atoms with van der Waals surface area (Å²) in [6.07, 6.45) is 0. The predicted octanol–water partition coefficient (Wildman–Crippen LogP) is 12.2. The van der Waals surface area contributed by atoms with Gasteiger partial charge in [0.05, 0.1) is 33.5 Å². The van der Waals surface area contributed by atoms with Crippen LogP contribution in [0.1, 0.15) is 0 Å². The highest BCUT2D eigenvalue weighted by Gasteiger charge is 2.18. The number of hydrogen-bond donors (Lipinski definition) is 0. The Morgan fingerprint density at radius 1 is 0.327 bits per heavy atom. The normalized spacial score (nSPS) is 11.6. The molecule has 11 rings (SSSR count). The molecule has 11 aromatic rings. The first-order chi connectivity index (χ1) is 27.3. The molecule has 258 valence electrons. The van der Waals surface area contributed by atoms with Crippen LogP contribution in [-0.4, -0.2) is 29.3 Å². The fourth-order valence-corrected chi connectivity index (χ4v) is 8.63. The molecule has 0 aliphatic carbocycles. The Balaban J connectivity index is 0.984. The number of benzene rings is 6. The Morgan fingerprint density at radius 3 is 1.22 bits per heavy atom. The molecule has 0 bridgehead atoms. The van der Waals surface area contributed by atoms with Crippen molar-refractivity contribution in [2.24, 2.45) is 0 Å². The van der Waals surface area contributed by atoms with E-state index < -0.39 is 0 Å². The second-order valence-electron chi connectivity index (χ2n) is 13.6. The van der Waals surface area contributed by atoms with Crippen LogP contribution in [0.2, 0.25) is 0 Å². The Morgan fingerprint density at radius 2 is 0.745 bits per heavy atom. The summed E-state index contributed by atoms with van der Waals surface area (Å²) in [6, 6.07) is 63.3. The molecule has 0 atom stereocenters. The van der Waals surface area contributed by atoms with Crippen molar-refractivity contribution in [3.63, 3.8) is 0 Å². The molecular weight excluding hydrogens is 693 g/mol. The topological polar surface area (TPSA) is 61.4 Å². The zero-order chi connectivity index (χ0) is 36.3. The van der Waals surface area contributed by atoms with Gasteiger partial charge in [-0.25, -0.2) is 9.97 Å². The van der Waals surface area contributed by atoms with E-state index in [1.807, 2.05) is 36.4 Å². The Kier molecular flexibility index (Phi) is 7.25. The molecule has 0 fully saturated rings. The van der Waals surface area contributed by atoms with Crippen molar-refractivity contribution >= 4 is 54.9 Å². The van der Waals surface area contributed by atoms with Crippen molar-refractivity contribution in [3.8, 4) is 55.3 Å². The van der Waals surface area contributed by atoms with Gasteiger partial charge in [-0.15, -0.1) is 10.2 Å². The lowest BCUT2D eigenvalue weighted by atomic mass is 10.1. The largest absolute Gasteiger partial charge is 0.294 e. The van der Waals surface area contributed by atoms with Crippen molar-refractivity contribution in [2.75, 3.05) is 0 Å². The van der Waals surface area contributed by atoms with Gasteiger partial charge in [-0.2, -0.15) is 0 Å². The van der Waals surface area contributed by atoms with Crippen molar-refractivity contribution in [1.29, 1.82) is 0 Å². The van der Waals surface area contributed by atoms with E-state index in [9.17, 15) is 0 Å². The minimum atomic E-state index is 0.877. The third-order valence-electron chi connectivity index (χ3n) is 10.3. The van der Waals surface area contributed by atoms with Crippen LogP contribution in [-0.2, 0) is 0 Å². The SMILES string of the molecule is c1ccc(-c2cccc(-n3c4ccccc4c4cc(-c5nnc(-c6ccc7c(c6)c6ccccc6n7-c6cccc(-c7ccccc7)n6)s5)ccc43)n2)cc1. The fourth-order valence-electron chi connectivity index (χ4n) is 7.80. The maximum absolute atomic E-state index is 5.12. The molecule has 0 saturated heterocycles. The highest BCUT2D eigenvalue weighted by atomic mass is 32.1. The van der Waals surface area contributed by atoms with Gasteiger partial charge in [0.15, 0.2) is 0 Å². The lowest BCUT2D eigenvalue weighted by Crippen LogP contribution is -1.98. The van der Waals surface area contributed by atoms with Gasteiger partial charge in [0.25, 0.3) is 0 Å². The number of hydrogen-bond acceptors (Lipinski definition) is 5. The highest BCUT2D eigenvalue weighted by Crippen LogP contribution is 2.39. The number of aromatic nitrogens is 6. The van der Waals surface area contributed by atoms with E-state index in [0.29, 0.717) is 0 Å². The quantitative estimate of drug-likeness (QED) is 0.171. The average molecular weight is 723 g/mol. The maximum atomic E-state index is 5.12. The van der Waals surface area contributed by atoms with Gasteiger partial charge in [-0.05, 0) is 72.8 Å².